The predicted octanol–water partition coefficient (Wildman–Crippen LogP) is 3.42. The molecular weight excluding hydrogens is 329 g/mol. The van der Waals surface area contributed by atoms with E-state index in [2.05, 4.69) is 0 Å². The van der Waals surface area contributed by atoms with Crippen LogP contribution in [0.15, 0.2) is 12.1 Å². The number of hydrogen-bond donors (Lipinski definition) is 0. The Balaban J connectivity index is 3.01. The number of carbonyl (C=O) groups excluding carboxylic acids is 2. The molecule has 22 heavy (non-hydrogen) atoms. The number of carbonyl (C=O) groups is 2. The fourth-order valence-electron chi connectivity index (χ4n) is 1.95. The molecule has 122 valence electrons. The van der Waals surface area contributed by atoms with E-state index in [0.29, 0.717) is 24.3 Å². The maximum Gasteiger partial charge on any atom is 0.325 e. The van der Waals surface area contributed by atoms with Crippen LogP contribution < -0.4 is 4.74 Å². The molecule has 1 aromatic rings. The second-order valence-corrected chi connectivity index (χ2v) is 5.32. The van der Waals surface area contributed by atoms with E-state index in [1.165, 1.54) is 24.1 Å². The van der Waals surface area contributed by atoms with Crippen LogP contribution in [0, 0.1) is 0 Å². The number of rotatable bonds is 7. The summed E-state index contributed by atoms with van der Waals surface area (Å²) in [6, 6.07) is 2.95. The molecule has 0 bridgehead atoms. The van der Waals surface area contributed by atoms with Gasteiger partial charge in [-0.15, -0.1) is 0 Å². The molecule has 0 saturated carbocycles. The van der Waals surface area contributed by atoms with Gasteiger partial charge in [-0.1, -0.05) is 30.1 Å². The number of benzene rings is 1. The van der Waals surface area contributed by atoms with Crippen LogP contribution in [0.3, 0.4) is 0 Å². The van der Waals surface area contributed by atoms with Crippen LogP contribution in [0.4, 0.5) is 0 Å². The van der Waals surface area contributed by atoms with E-state index in [1.54, 1.807) is 6.92 Å². The molecule has 0 aliphatic heterocycles. The second-order valence-electron chi connectivity index (χ2n) is 4.50. The van der Waals surface area contributed by atoms with Gasteiger partial charge in [-0.25, -0.2) is 0 Å². The van der Waals surface area contributed by atoms with Crippen LogP contribution in [0.1, 0.15) is 30.6 Å². The fraction of sp³-hybridized carbons (Fsp3) is 0.467. The zero-order chi connectivity index (χ0) is 16.7. The molecule has 0 heterocycles. The topological polar surface area (TPSA) is 55.8 Å². The first-order chi connectivity index (χ1) is 10.4. The molecule has 7 heteroatoms. The Bertz CT molecular complexity index is 525. The minimum Gasteiger partial charge on any atom is -0.494 e. The average molecular weight is 348 g/mol. The molecule has 0 saturated heterocycles. The molecule has 0 N–H and O–H groups in total. The van der Waals surface area contributed by atoms with E-state index in [0.717, 1.165) is 0 Å². The zero-order valence-corrected chi connectivity index (χ0v) is 14.3. The Morgan fingerprint density at radius 1 is 1.18 bits per heavy atom. The number of nitrogens with zero attached hydrogens (tertiary/aromatic N) is 1. The van der Waals surface area contributed by atoms with Crippen molar-refractivity contribution in [3.05, 3.63) is 27.7 Å². The summed E-state index contributed by atoms with van der Waals surface area (Å²) >= 11 is 12.1. The molecule has 0 atom stereocenters. The summed E-state index contributed by atoms with van der Waals surface area (Å²) in [6.45, 7) is 4.22. The maximum absolute atomic E-state index is 12.5. The third-order valence-corrected chi connectivity index (χ3v) is 3.42. The summed E-state index contributed by atoms with van der Waals surface area (Å²) in [5, 5.41) is 0.483. The Kier molecular flexibility index (Phi) is 7.48. The Morgan fingerprint density at radius 2 is 1.77 bits per heavy atom. The number of ether oxygens (including phenoxy) is 2. The van der Waals surface area contributed by atoms with Crippen LogP contribution in [0.5, 0.6) is 5.75 Å². The van der Waals surface area contributed by atoms with Crippen molar-refractivity contribution in [1.29, 1.82) is 0 Å². The van der Waals surface area contributed by atoms with Gasteiger partial charge in [-0.3, -0.25) is 9.59 Å². The Labute approximate surface area is 140 Å². The highest BCUT2D eigenvalue weighted by atomic mass is 35.5. The van der Waals surface area contributed by atoms with Crippen molar-refractivity contribution in [2.45, 2.75) is 20.3 Å². The van der Waals surface area contributed by atoms with Crippen molar-refractivity contribution in [1.82, 2.24) is 4.90 Å². The molecule has 0 fully saturated rings. The number of amides is 1. The van der Waals surface area contributed by atoms with Gasteiger partial charge in [0, 0.05) is 12.1 Å². The molecule has 1 aromatic carbocycles. The van der Waals surface area contributed by atoms with Crippen molar-refractivity contribution < 1.29 is 19.1 Å². The van der Waals surface area contributed by atoms with E-state index >= 15 is 0 Å². The minimum atomic E-state index is -0.449. The van der Waals surface area contributed by atoms with Gasteiger partial charge >= 0.3 is 5.97 Å². The summed E-state index contributed by atoms with van der Waals surface area (Å²) in [7, 11) is 1.44. The number of hydrogen-bond acceptors (Lipinski definition) is 4. The third kappa shape index (κ3) is 4.78. The largest absolute Gasteiger partial charge is 0.494 e. The molecule has 5 nitrogen and oxygen atoms in total. The Hall–Kier alpha value is -1.46. The van der Waals surface area contributed by atoms with Gasteiger partial charge in [-0.05, 0) is 25.5 Å². The molecule has 0 spiro atoms. The summed E-state index contributed by atoms with van der Waals surface area (Å²) in [6.07, 6.45) is 0.711. The van der Waals surface area contributed by atoms with E-state index in [4.69, 9.17) is 32.7 Å². The highest BCUT2D eigenvalue weighted by molar-refractivity contribution is 6.37. The summed E-state index contributed by atoms with van der Waals surface area (Å²) in [5.74, 6) is -0.469. The van der Waals surface area contributed by atoms with Gasteiger partial charge in [0.1, 0.15) is 6.54 Å². The van der Waals surface area contributed by atoms with Crippen molar-refractivity contribution in [3.8, 4) is 5.75 Å². The molecule has 0 aliphatic carbocycles. The monoisotopic (exact) mass is 347 g/mol. The van der Waals surface area contributed by atoms with E-state index in [1.807, 2.05) is 6.92 Å². The zero-order valence-electron chi connectivity index (χ0n) is 12.8. The lowest BCUT2D eigenvalue weighted by Gasteiger charge is -2.21. The summed E-state index contributed by atoms with van der Waals surface area (Å²) in [5.41, 5.74) is 0.300. The first kappa shape index (κ1) is 18.6. The van der Waals surface area contributed by atoms with Gasteiger partial charge in [0.15, 0.2) is 5.75 Å². The van der Waals surface area contributed by atoms with Gasteiger partial charge in [0.05, 0.1) is 23.8 Å². The molecule has 0 aliphatic rings. The minimum absolute atomic E-state index is 0.109. The SMILES string of the molecule is CCCN(CC(=O)OCC)C(=O)c1cc(Cl)c(OC)c(Cl)c1. The second kappa shape index (κ2) is 8.86. The average Bonchev–Trinajstić information content (AvgIpc) is 2.46. The first-order valence-electron chi connectivity index (χ1n) is 6.92. The van der Waals surface area contributed by atoms with E-state index in [-0.39, 0.29) is 29.1 Å². The van der Waals surface area contributed by atoms with Crippen LogP contribution in [0.25, 0.3) is 0 Å². The normalized spacial score (nSPS) is 10.2. The lowest BCUT2D eigenvalue weighted by atomic mass is 10.1. The lowest BCUT2D eigenvalue weighted by Crippen LogP contribution is -2.37. The van der Waals surface area contributed by atoms with Gasteiger partial charge < -0.3 is 14.4 Å². The number of halogens is 2. The molecular formula is C15H19Cl2NO4. The number of esters is 1. The first-order valence-corrected chi connectivity index (χ1v) is 7.68. The molecule has 0 radical (unpaired) electrons. The molecule has 0 aromatic heterocycles. The fourth-order valence-corrected chi connectivity index (χ4v) is 2.59. The molecule has 0 unspecified atom stereocenters. The van der Waals surface area contributed by atoms with E-state index < -0.39 is 5.97 Å². The molecule has 1 rings (SSSR count). The van der Waals surface area contributed by atoms with Crippen molar-refractivity contribution in [3.63, 3.8) is 0 Å². The summed E-state index contributed by atoms with van der Waals surface area (Å²) in [4.78, 5) is 25.6. The third-order valence-electron chi connectivity index (χ3n) is 2.86. The number of methoxy groups -OCH3 is 1. The van der Waals surface area contributed by atoms with Crippen LogP contribution in [-0.4, -0.2) is 43.6 Å². The highest BCUT2D eigenvalue weighted by Crippen LogP contribution is 2.34. The van der Waals surface area contributed by atoms with Crippen molar-refractivity contribution in [2.75, 3.05) is 26.8 Å². The lowest BCUT2D eigenvalue weighted by molar-refractivity contribution is -0.143. The van der Waals surface area contributed by atoms with Crippen LogP contribution >= 0.6 is 23.2 Å². The van der Waals surface area contributed by atoms with Gasteiger partial charge in [-0.2, -0.15) is 0 Å². The van der Waals surface area contributed by atoms with Gasteiger partial charge in [0.25, 0.3) is 5.91 Å². The summed E-state index contributed by atoms with van der Waals surface area (Å²) < 4.78 is 9.94. The smallest absolute Gasteiger partial charge is 0.325 e. The maximum atomic E-state index is 12.5. The van der Waals surface area contributed by atoms with E-state index in [9.17, 15) is 9.59 Å². The quantitative estimate of drug-likeness (QED) is 0.709. The predicted molar refractivity (Wildman–Crippen MR) is 85.8 cm³/mol. The highest BCUT2D eigenvalue weighted by Gasteiger charge is 2.21. The Morgan fingerprint density at radius 3 is 2.23 bits per heavy atom. The molecule has 1 amide bonds. The van der Waals surface area contributed by atoms with Gasteiger partial charge in [0.2, 0.25) is 0 Å². The van der Waals surface area contributed by atoms with Crippen molar-refractivity contribution >= 4 is 35.1 Å². The standard InChI is InChI=1S/C15H19Cl2NO4/c1-4-6-18(9-13(19)22-5-2)15(20)10-7-11(16)14(21-3)12(17)8-10/h7-8H,4-6,9H2,1-3H3. The van der Waals surface area contributed by atoms with Crippen LogP contribution in [-0.2, 0) is 9.53 Å². The van der Waals surface area contributed by atoms with Crippen LogP contribution in [0.2, 0.25) is 10.0 Å². The van der Waals surface area contributed by atoms with Crippen molar-refractivity contribution in [2.24, 2.45) is 0 Å².